The highest BCUT2D eigenvalue weighted by atomic mass is 16.5. The first-order valence-corrected chi connectivity index (χ1v) is 11.0. The molecule has 2 nitrogen and oxygen atoms in total. The van der Waals surface area contributed by atoms with Crippen LogP contribution in [0.1, 0.15) is 74.4 Å². The molecule has 0 radical (unpaired) electrons. The second-order valence-electron chi connectivity index (χ2n) is 5.95. The van der Waals surface area contributed by atoms with E-state index in [2.05, 4.69) is 38.3 Å². The van der Waals surface area contributed by atoms with Crippen molar-refractivity contribution in [3.05, 3.63) is 76.7 Å². The van der Waals surface area contributed by atoms with Crippen molar-refractivity contribution >= 4 is 12.2 Å². The van der Waals surface area contributed by atoms with Crippen LogP contribution in [-0.4, -0.2) is 4.98 Å². The quantitative estimate of drug-likeness (QED) is 0.386. The Labute approximate surface area is 180 Å². The van der Waals surface area contributed by atoms with Gasteiger partial charge in [-0.25, -0.2) is 4.98 Å². The minimum Gasteiger partial charge on any atom is -0.492 e. The topological polar surface area (TPSA) is 22.1 Å². The van der Waals surface area contributed by atoms with Crippen LogP contribution in [0.25, 0.3) is 12.2 Å². The molecule has 0 spiro atoms. The molecule has 0 aromatic carbocycles. The SMILES string of the molecule is C=C/C(C)=C(C=C)/C=C(\C)OCc1ccc2c(n1)=CC(C)CC=2.CC.CC.CC. The fraction of sp³-hybridized carbons (Fsp3) is 0.444. The van der Waals surface area contributed by atoms with Crippen molar-refractivity contribution in [1.29, 1.82) is 0 Å². The maximum absolute atomic E-state index is 5.83. The summed E-state index contributed by atoms with van der Waals surface area (Å²) in [5, 5.41) is 2.29. The summed E-state index contributed by atoms with van der Waals surface area (Å²) >= 11 is 0. The molecule has 0 amide bonds. The number of nitrogens with zero attached hydrogens (tertiary/aromatic N) is 1. The average Bonchev–Trinajstić information content (AvgIpc) is 2.79. The molecule has 0 aliphatic heterocycles. The standard InChI is InChI=1S/C21H25NO.3C2H6/c1-6-16(4)18(7-2)13-17(5)23-14-20-11-10-19-9-8-15(3)12-21(19)22-20;3*1-2/h6-7,9-13,15H,1-2,8,14H2,3-5H3;3*1-2H3/b17-13+,18-16+;;;. The van der Waals surface area contributed by atoms with E-state index in [4.69, 9.17) is 9.72 Å². The summed E-state index contributed by atoms with van der Waals surface area (Å²) in [6.45, 7) is 26.2. The van der Waals surface area contributed by atoms with E-state index in [1.54, 1.807) is 0 Å². The van der Waals surface area contributed by atoms with Crippen LogP contribution in [0.2, 0.25) is 0 Å². The normalized spacial score (nSPS) is 14.9. The minimum atomic E-state index is 0.468. The van der Waals surface area contributed by atoms with E-state index in [0.29, 0.717) is 12.5 Å². The molecule has 0 fully saturated rings. The van der Waals surface area contributed by atoms with E-state index in [1.807, 2.05) is 79.7 Å². The Bertz CT molecular complexity index is 781. The molecule has 1 heterocycles. The lowest BCUT2D eigenvalue weighted by Crippen LogP contribution is -2.32. The molecule has 162 valence electrons. The Morgan fingerprint density at radius 2 is 1.69 bits per heavy atom. The van der Waals surface area contributed by atoms with Crippen LogP contribution in [0, 0.1) is 5.92 Å². The van der Waals surface area contributed by atoms with Crippen molar-refractivity contribution in [3.63, 3.8) is 0 Å². The third kappa shape index (κ3) is 10.7. The summed E-state index contributed by atoms with van der Waals surface area (Å²) in [7, 11) is 0. The lowest BCUT2D eigenvalue weighted by Gasteiger charge is -2.10. The molecule has 1 aliphatic rings. The number of ether oxygens (including phenoxy) is 1. The van der Waals surface area contributed by atoms with E-state index >= 15 is 0 Å². The van der Waals surface area contributed by atoms with Crippen LogP contribution in [0.3, 0.4) is 0 Å². The fourth-order valence-corrected chi connectivity index (χ4v) is 2.46. The van der Waals surface area contributed by atoms with Gasteiger partial charge >= 0.3 is 0 Å². The lowest BCUT2D eigenvalue weighted by atomic mass is 10.0. The highest BCUT2D eigenvalue weighted by Gasteiger charge is 2.04. The summed E-state index contributed by atoms with van der Waals surface area (Å²) in [6.07, 6.45) is 11.2. The number of rotatable bonds is 6. The smallest absolute Gasteiger partial charge is 0.130 e. The number of allylic oxidation sites excluding steroid dienone is 6. The molecular weight excluding hydrogens is 354 g/mol. The zero-order chi connectivity index (χ0) is 22.8. The molecule has 2 heteroatoms. The van der Waals surface area contributed by atoms with Crippen LogP contribution in [0.4, 0.5) is 0 Å². The van der Waals surface area contributed by atoms with E-state index in [9.17, 15) is 0 Å². The Hall–Kier alpha value is -2.35. The first-order chi connectivity index (χ1) is 14.0. The average molecular weight is 398 g/mol. The molecule has 1 atom stereocenters. The first kappa shape index (κ1) is 28.9. The van der Waals surface area contributed by atoms with Crippen molar-refractivity contribution in [2.24, 2.45) is 5.92 Å². The van der Waals surface area contributed by atoms with Gasteiger partial charge < -0.3 is 4.74 Å². The van der Waals surface area contributed by atoms with Crippen molar-refractivity contribution in [2.45, 2.75) is 75.3 Å². The van der Waals surface area contributed by atoms with E-state index in [-0.39, 0.29) is 0 Å². The molecule has 0 saturated heterocycles. The maximum atomic E-state index is 5.83. The first-order valence-electron chi connectivity index (χ1n) is 11.0. The van der Waals surface area contributed by atoms with E-state index in [1.165, 1.54) is 5.22 Å². The van der Waals surface area contributed by atoms with Crippen molar-refractivity contribution in [2.75, 3.05) is 0 Å². The van der Waals surface area contributed by atoms with Gasteiger partial charge in [0.15, 0.2) is 0 Å². The monoisotopic (exact) mass is 397 g/mol. The van der Waals surface area contributed by atoms with Gasteiger partial charge in [0, 0.05) is 0 Å². The van der Waals surface area contributed by atoms with Gasteiger partial charge in [-0.3, -0.25) is 0 Å². The number of hydrogen-bond donors (Lipinski definition) is 0. The molecule has 1 unspecified atom stereocenters. The molecule has 0 saturated carbocycles. The second kappa shape index (κ2) is 17.7. The predicted molar refractivity (Wildman–Crippen MR) is 132 cm³/mol. The molecule has 1 aromatic rings. The van der Waals surface area contributed by atoms with Gasteiger partial charge in [0.2, 0.25) is 0 Å². The van der Waals surface area contributed by atoms with E-state index < -0.39 is 0 Å². The molecule has 1 aromatic heterocycles. The van der Waals surface area contributed by atoms with Gasteiger partial charge in [-0.2, -0.15) is 0 Å². The van der Waals surface area contributed by atoms with Crippen LogP contribution in [-0.2, 0) is 11.3 Å². The highest BCUT2D eigenvalue weighted by molar-refractivity contribution is 5.39. The summed E-state index contributed by atoms with van der Waals surface area (Å²) in [5.41, 5.74) is 3.04. The van der Waals surface area contributed by atoms with Crippen molar-refractivity contribution in [3.8, 4) is 0 Å². The Morgan fingerprint density at radius 3 is 2.24 bits per heavy atom. The lowest BCUT2D eigenvalue weighted by molar-refractivity contribution is 0.197. The Balaban J connectivity index is 0. The third-order valence-electron chi connectivity index (χ3n) is 3.95. The zero-order valence-electron chi connectivity index (χ0n) is 20.3. The zero-order valence-corrected chi connectivity index (χ0v) is 20.3. The van der Waals surface area contributed by atoms with Gasteiger partial charge in [0.05, 0.1) is 16.8 Å². The number of fused-ring (bicyclic) bond motifs is 1. The van der Waals surface area contributed by atoms with Gasteiger partial charge in [-0.05, 0) is 54.7 Å². The highest BCUT2D eigenvalue weighted by Crippen LogP contribution is 2.12. The Kier molecular flexibility index (Phi) is 17.6. The maximum Gasteiger partial charge on any atom is 0.130 e. The summed E-state index contributed by atoms with van der Waals surface area (Å²) in [4.78, 5) is 4.70. The van der Waals surface area contributed by atoms with Crippen molar-refractivity contribution < 1.29 is 4.74 Å². The summed E-state index contributed by atoms with van der Waals surface area (Å²) in [5.74, 6) is 1.39. The number of hydrogen-bond acceptors (Lipinski definition) is 2. The predicted octanol–water partition coefficient (Wildman–Crippen LogP) is 6.87. The van der Waals surface area contributed by atoms with Gasteiger partial charge in [-0.15, -0.1) is 0 Å². The number of aromatic nitrogens is 1. The fourth-order valence-electron chi connectivity index (χ4n) is 2.46. The number of pyridine rings is 1. The molecule has 0 N–H and O–H groups in total. The van der Waals surface area contributed by atoms with Crippen molar-refractivity contribution in [1.82, 2.24) is 4.98 Å². The molecule has 2 rings (SSSR count). The minimum absolute atomic E-state index is 0.468. The van der Waals surface area contributed by atoms with Crippen LogP contribution in [0.5, 0.6) is 0 Å². The van der Waals surface area contributed by atoms with Gasteiger partial charge in [0.25, 0.3) is 0 Å². The molecule has 29 heavy (non-hydrogen) atoms. The molecule has 0 bridgehead atoms. The van der Waals surface area contributed by atoms with E-state index in [0.717, 1.165) is 34.4 Å². The van der Waals surface area contributed by atoms with Gasteiger partial charge in [0.1, 0.15) is 6.61 Å². The third-order valence-corrected chi connectivity index (χ3v) is 3.95. The van der Waals surface area contributed by atoms with Crippen LogP contribution >= 0.6 is 0 Å². The second-order valence-corrected chi connectivity index (χ2v) is 5.95. The molecular formula is C27H43NO. The molecule has 1 aliphatic carbocycles. The summed E-state index contributed by atoms with van der Waals surface area (Å²) in [6, 6.07) is 4.16. The largest absolute Gasteiger partial charge is 0.492 e. The van der Waals surface area contributed by atoms with Crippen LogP contribution < -0.4 is 10.6 Å². The van der Waals surface area contributed by atoms with Crippen LogP contribution in [0.15, 0.2) is 60.4 Å². The summed E-state index contributed by atoms with van der Waals surface area (Å²) < 4.78 is 5.83. The van der Waals surface area contributed by atoms with Gasteiger partial charge in [-0.1, -0.05) is 92.0 Å². The Morgan fingerprint density at radius 1 is 1.07 bits per heavy atom.